The molecule has 0 heterocycles. The van der Waals surface area contributed by atoms with Crippen LogP contribution in [0.2, 0.25) is 0 Å². The number of aryl methyl sites for hydroxylation is 2. The minimum Gasteiger partial charge on any atom is -0.295 e. The molecule has 0 aromatic heterocycles. The Hall–Kier alpha value is -1.98. The van der Waals surface area contributed by atoms with Crippen LogP contribution in [0.5, 0.6) is 0 Å². The lowest BCUT2D eigenvalue weighted by molar-refractivity contribution is 0.101. The number of ketones is 1. The SMILES string of the molecule is CC(=O)c1ccc(CCCCNS(=O)(=O)c2ccc(C)cc2)cc1. The number of benzene rings is 2. The van der Waals surface area contributed by atoms with E-state index in [4.69, 9.17) is 0 Å². The van der Waals surface area contributed by atoms with Crippen LogP contribution in [-0.4, -0.2) is 20.7 Å². The average molecular weight is 345 g/mol. The Balaban J connectivity index is 1.76. The van der Waals surface area contributed by atoms with Crippen LogP contribution < -0.4 is 4.72 Å². The summed E-state index contributed by atoms with van der Waals surface area (Å²) in [7, 11) is -3.42. The molecule has 128 valence electrons. The predicted octanol–water partition coefficient (Wildman–Crippen LogP) is 3.50. The topological polar surface area (TPSA) is 63.2 Å². The molecule has 24 heavy (non-hydrogen) atoms. The van der Waals surface area contributed by atoms with Gasteiger partial charge in [-0.25, -0.2) is 13.1 Å². The van der Waals surface area contributed by atoms with E-state index in [1.165, 1.54) is 0 Å². The normalized spacial score (nSPS) is 11.4. The van der Waals surface area contributed by atoms with Gasteiger partial charge in [-0.1, -0.05) is 42.0 Å². The first-order chi connectivity index (χ1) is 11.4. The molecule has 0 aliphatic carbocycles. The molecular formula is C19H23NO3S. The minimum atomic E-state index is -3.42. The summed E-state index contributed by atoms with van der Waals surface area (Å²) in [5.74, 6) is 0.0621. The molecular weight excluding hydrogens is 322 g/mol. The molecule has 2 aromatic rings. The number of sulfonamides is 1. The molecule has 0 radical (unpaired) electrons. The molecule has 0 unspecified atom stereocenters. The van der Waals surface area contributed by atoms with Crippen LogP contribution in [0.3, 0.4) is 0 Å². The van der Waals surface area contributed by atoms with Gasteiger partial charge in [-0.15, -0.1) is 0 Å². The van der Waals surface area contributed by atoms with Crippen LogP contribution in [0.4, 0.5) is 0 Å². The van der Waals surface area contributed by atoms with Gasteiger partial charge in [-0.2, -0.15) is 0 Å². The highest BCUT2D eigenvalue weighted by Gasteiger charge is 2.12. The van der Waals surface area contributed by atoms with Gasteiger partial charge in [0.2, 0.25) is 10.0 Å². The Kier molecular flexibility index (Phi) is 6.29. The number of hydrogen-bond acceptors (Lipinski definition) is 3. The van der Waals surface area contributed by atoms with Gasteiger partial charge >= 0.3 is 0 Å². The van der Waals surface area contributed by atoms with E-state index in [1.807, 2.05) is 31.2 Å². The molecule has 0 amide bonds. The van der Waals surface area contributed by atoms with E-state index in [1.54, 1.807) is 31.2 Å². The third kappa shape index (κ3) is 5.28. The molecule has 0 saturated heterocycles. The number of carbonyl (C=O) groups excluding carboxylic acids is 1. The van der Waals surface area contributed by atoms with Crippen LogP contribution in [0, 0.1) is 6.92 Å². The van der Waals surface area contributed by atoms with Crippen molar-refractivity contribution in [1.82, 2.24) is 4.72 Å². The molecule has 0 aliphatic heterocycles. The zero-order valence-electron chi connectivity index (χ0n) is 14.1. The number of nitrogens with one attached hydrogen (secondary N) is 1. The summed E-state index contributed by atoms with van der Waals surface area (Å²) in [5, 5.41) is 0. The van der Waals surface area contributed by atoms with E-state index >= 15 is 0 Å². The largest absolute Gasteiger partial charge is 0.295 e. The van der Waals surface area contributed by atoms with E-state index in [-0.39, 0.29) is 5.78 Å². The number of carbonyl (C=O) groups is 1. The third-order valence-electron chi connectivity index (χ3n) is 3.88. The number of hydrogen-bond donors (Lipinski definition) is 1. The third-order valence-corrected chi connectivity index (χ3v) is 5.35. The first-order valence-electron chi connectivity index (χ1n) is 8.05. The van der Waals surface area contributed by atoms with Gasteiger partial charge in [-0.3, -0.25) is 4.79 Å². The standard InChI is InChI=1S/C19H23NO3S/c1-15-6-12-19(13-7-15)24(22,23)20-14-4-3-5-17-8-10-18(11-9-17)16(2)21/h6-13,20H,3-5,14H2,1-2H3. The van der Waals surface area contributed by atoms with Crippen LogP contribution in [0.25, 0.3) is 0 Å². The molecule has 4 nitrogen and oxygen atoms in total. The summed E-state index contributed by atoms with van der Waals surface area (Å²) in [6.45, 7) is 3.89. The van der Waals surface area contributed by atoms with Crippen molar-refractivity contribution >= 4 is 15.8 Å². The lowest BCUT2D eigenvalue weighted by Gasteiger charge is -2.07. The Morgan fingerprint density at radius 3 is 2.17 bits per heavy atom. The van der Waals surface area contributed by atoms with Crippen molar-refractivity contribution in [3.05, 3.63) is 65.2 Å². The van der Waals surface area contributed by atoms with Crippen molar-refractivity contribution in [3.8, 4) is 0 Å². The van der Waals surface area contributed by atoms with Crippen LogP contribution in [-0.2, 0) is 16.4 Å². The molecule has 5 heteroatoms. The van der Waals surface area contributed by atoms with Crippen molar-refractivity contribution < 1.29 is 13.2 Å². The molecule has 0 atom stereocenters. The molecule has 0 aliphatic rings. The monoisotopic (exact) mass is 345 g/mol. The second kappa shape index (κ2) is 8.22. The second-order valence-corrected chi connectivity index (χ2v) is 7.69. The number of unbranched alkanes of at least 4 members (excludes halogenated alkanes) is 1. The molecule has 2 rings (SSSR count). The Labute approximate surface area is 144 Å². The van der Waals surface area contributed by atoms with Crippen molar-refractivity contribution in [2.75, 3.05) is 6.54 Å². The van der Waals surface area contributed by atoms with E-state index in [0.717, 1.165) is 30.4 Å². The Morgan fingerprint density at radius 2 is 1.58 bits per heavy atom. The maximum absolute atomic E-state index is 12.1. The number of rotatable bonds is 8. The average Bonchev–Trinajstić information content (AvgIpc) is 2.55. The van der Waals surface area contributed by atoms with Crippen molar-refractivity contribution in [1.29, 1.82) is 0 Å². The zero-order valence-corrected chi connectivity index (χ0v) is 14.9. The van der Waals surface area contributed by atoms with Gasteiger partial charge in [0, 0.05) is 12.1 Å². The molecule has 0 bridgehead atoms. The quantitative estimate of drug-likeness (QED) is 0.588. The highest BCUT2D eigenvalue weighted by atomic mass is 32.2. The van der Waals surface area contributed by atoms with Gasteiger partial charge in [0.15, 0.2) is 5.78 Å². The van der Waals surface area contributed by atoms with Gasteiger partial charge in [0.25, 0.3) is 0 Å². The van der Waals surface area contributed by atoms with Gasteiger partial charge < -0.3 is 0 Å². The summed E-state index contributed by atoms with van der Waals surface area (Å²) < 4.78 is 26.9. The summed E-state index contributed by atoms with van der Waals surface area (Å²) in [6, 6.07) is 14.4. The molecule has 0 spiro atoms. The minimum absolute atomic E-state index is 0.0621. The predicted molar refractivity (Wildman–Crippen MR) is 95.8 cm³/mol. The van der Waals surface area contributed by atoms with Crippen LogP contribution in [0.1, 0.15) is 41.3 Å². The second-order valence-electron chi connectivity index (χ2n) is 5.92. The van der Waals surface area contributed by atoms with Crippen molar-refractivity contribution in [2.45, 2.75) is 38.0 Å². The maximum Gasteiger partial charge on any atom is 0.240 e. The van der Waals surface area contributed by atoms with Crippen molar-refractivity contribution in [2.24, 2.45) is 0 Å². The maximum atomic E-state index is 12.1. The highest BCUT2D eigenvalue weighted by Crippen LogP contribution is 2.11. The summed E-state index contributed by atoms with van der Waals surface area (Å²) in [4.78, 5) is 11.5. The lowest BCUT2D eigenvalue weighted by Crippen LogP contribution is -2.24. The first kappa shape index (κ1) is 18.4. The fourth-order valence-corrected chi connectivity index (χ4v) is 3.44. The Morgan fingerprint density at radius 1 is 0.958 bits per heavy atom. The molecule has 2 aromatic carbocycles. The van der Waals surface area contributed by atoms with E-state index in [0.29, 0.717) is 17.0 Å². The van der Waals surface area contributed by atoms with Crippen LogP contribution >= 0.6 is 0 Å². The molecule has 0 fully saturated rings. The zero-order chi connectivity index (χ0) is 17.6. The molecule has 1 N–H and O–H groups in total. The van der Waals surface area contributed by atoms with E-state index in [2.05, 4.69) is 4.72 Å². The molecule has 0 saturated carbocycles. The summed E-state index contributed by atoms with van der Waals surface area (Å²) in [5.41, 5.74) is 2.90. The first-order valence-corrected chi connectivity index (χ1v) is 9.53. The summed E-state index contributed by atoms with van der Waals surface area (Å²) in [6.07, 6.45) is 2.51. The summed E-state index contributed by atoms with van der Waals surface area (Å²) >= 11 is 0. The number of Topliss-reactive ketones (excluding diaryl/α,β-unsaturated/α-hetero) is 1. The van der Waals surface area contributed by atoms with E-state index < -0.39 is 10.0 Å². The van der Waals surface area contributed by atoms with Gasteiger partial charge in [-0.05, 0) is 50.8 Å². The fourth-order valence-electron chi connectivity index (χ4n) is 2.37. The van der Waals surface area contributed by atoms with E-state index in [9.17, 15) is 13.2 Å². The van der Waals surface area contributed by atoms with Gasteiger partial charge in [0.05, 0.1) is 4.90 Å². The van der Waals surface area contributed by atoms with Crippen molar-refractivity contribution in [3.63, 3.8) is 0 Å². The Bertz CT molecular complexity index is 778. The van der Waals surface area contributed by atoms with Gasteiger partial charge in [0.1, 0.15) is 0 Å². The lowest BCUT2D eigenvalue weighted by atomic mass is 10.0. The smallest absolute Gasteiger partial charge is 0.240 e. The fraction of sp³-hybridized carbons (Fsp3) is 0.316. The van der Waals surface area contributed by atoms with Crippen LogP contribution in [0.15, 0.2) is 53.4 Å². The highest BCUT2D eigenvalue weighted by molar-refractivity contribution is 7.89.